The summed E-state index contributed by atoms with van der Waals surface area (Å²) in [5.41, 5.74) is 0.126. The zero-order chi connectivity index (χ0) is 13.1. The maximum Gasteiger partial charge on any atom is 0.270 e. The molecule has 1 saturated heterocycles. The van der Waals surface area contributed by atoms with Crippen LogP contribution in [-0.2, 0) is 0 Å². The van der Waals surface area contributed by atoms with Gasteiger partial charge in [0.05, 0.1) is 0 Å². The van der Waals surface area contributed by atoms with Gasteiger partial charge in [-0.25, -0.2) is 0 Å². The van der Waals surface area contributed by atoms with Gasteiger partial charge in [-0.05, 0) is 39.0 Å². The third-order valence-electron chi connectivity index (χ3n) is 3.55. The van der Waals surface area contributed by atoms with E-state index in [1.807, 2.05) is 7.05 Å². The predicted molar refractivity (Wildman–Crippen MR) is 69.7 cm³/mol. The topological polar surface area (TPSA) is 56.4 Å². The van der Waals surface area contributed by atoms with E-state index in [4.69, 9.17) is 0 Å². The molecule has 0 saturated carbocycles. The third kappa shape index (κ3) is 2.79. The minimum atomic E-state index is -0.238. The van der Waals surface area contributed by atoms with E-state index >= 15 is 0 Å². The number of carbonyl (C=O) groups excluding carboxylic acids is 1. The van der Waals surface area contributed by atoms with Crippen LogP contribution in [0.2, 0.25) is 0 Å². The number of piperidine rings is 1. The fraction of sp³-hybridized carbons (Fsp3) is 0.538. The summed E-state index contributed by atoms with van der Waals surface area (Å²) in [6, 6.07) is 4.92. The SMILES string of the molecule is CN1CCC(N(C)C(=O)c2cccc(=O)[nH]2)CC1. The van der Waals surface area contributed by atoms with Gasteiger partial charge in [0.25, 0.3) is 5.91 Å². The number of H-pyrrole nitrogens is 1. The average Bonchev–Trinajstić information content (AvgIpc) is 2.38. The molecule has 1 fully saturated rings. The Morgan fingerprint density at radius 1 is 1.39 bits per heavy atom. The molecule has 0 bridgehead atoms. The second-order valence-corrected chi connectivity index (χ2v) is 4.88. The highest BCUT2D eigenvalue weighted by molar-refractivity contribution is 5.92. The van der Waals surface area contributed by atoms with Crippen molar-refractivity contribution in [3.8, 4) is 0 Å². The molecule has 1 amide bonds. The van der Waals surface area contributed by atoms with E-state index in [0.717, 1.165) is 25.9 Å². The first-order valence-electron chi connectivity index (χ1n) is 6.23. The van der Waals surface area contributed by atoms with Crippen molar-refractivity contribution < 1.29 is 4.79 Å². The summed E-state index contributed by atoms with van der Waals surface area (Å²) in [5.74, 6) is -0.109. The Kier molecular flexibility index (Phi) is 3.81. The van der Waals surface area contributed by atoms with Crippen molar-refractivity contribution in [3.63, 3.8) is 0 Å². The molecule has 0 spiro atoms. The molecule has 0 aliphatic carbocycles. The van der Waals surface area contributed by atoms with Crippen molar-refractivity contribution in [2.75, 3.05) is 27.2 Å². The monoisotopic (exact) mass is 249 g/mol. The Morgan fingerprint density at radius 2 is 2.06 bits per heavy atom. The Morgan fingerprint density at radius 3 is 2.67 bits per heavy atom. The van der Waals surface area contributed by atoms with Crippen LogP contribution >= 0.6 is 0 Å². The molecule has 5 heteroatoms. The number of hydrogen-bond donors (Lipinski definition) is 1. The lowest BCUT2D eigenvalue weighted by molar-refractivity contribution is 0.0653. The number of nitrogens with one attached hydrogen (secondary N) is 1. The molecule has 2 rings (SSSR count). The number of rotatable bonds is 2. The molecule has 1 aliphatic rings. The number of aromatic nitrogens is 1. The van der Waals surface area contributed by atoms with Crippen molar-refractivity contribution in [2.45, 2.75) is 18.9 Å². The molecular weight excluding hydrogens is 230 g/mol. The van der Waals surface area contributed by atoms with Crippen LogP contribution in [0.5, 0.6) is 0 Å². The highest BCUT2D eigenvalue weighted by atomic mass is 16.2. The Hall–Kier alpha value is -1.62. The third-order valence-corrected chi connectivity index (χ3v) is 3.55. The summed E-state index contributed by atoms with van der Waals surface area (Å²) in [6.45, 7) is 2.02. The van der Waals surface area contributed by atoms with E-state index in [-0.39, 0.29) is 17.5 Å². The number of pyridine rings is 1. The van der Waals surface area contributed by atoms with E-state index in [1.165, 1.54) is 6.07 Å². The molecule has 1 aliphatic heterocycles. The van der Waals surface area contributed by atoms with Crippen LogP contribution in [0.1, 0.15) is 23.3 Å². The summed E-state index contributed by atoms with van der Waals surface area (Å²) in [5, 5.41) is 0. The van der Waals surface area contributed by atoms with Gasteiger partial charge in [-0.3, -0.25) is 9.59 Å². The van der Waals surface area contributed by atoms with Crippen LogP contribution < -0.4 is 5.56 Å². The van der Waals surface area contributed by atoms with Gasteiger partial charge in [-0.1, -0.05) is 6.07 Å². The summed E-state index contributed by atoms with van der Waals surface area (Å²) >= 11 is 0. The highest BCUT2D eigenvalue weighted by Gasteiger charge is 2.24. The van der Waals surface area contributed by atoms with E-state index in [1.54, 1.807) is 17.0 Å². The van der Waals surface area contributed by atoms with Gasteiger partial charge < -0.3 is 14.8 Å². The molecule has 2 heterocycles. The van der Waals surface area contributed by atoms with E-state index in [2.05, 4.69) is 16.9 Å². The van der Waals surface area contributed by atoms with Crippen molar-refractivity contribution in [1.29, 1.82) is 0 Å². The van der Waals surface area contributed by atoms with Crippen LogP contribution in [0.4, 0.5) is 0 Å². The normalized spacial score (nSPS) is 17.7. The molecule has 98 valence electrons. The zero-order valence-electron chi connectivity index (χ0n) is 10.8. The van der Waals surface area contributed by atoms with Gasteiger partial charge in [0.2, 0.25) is 5.56 Å². The minimum absolute atomic E-state index is 0.109. The molecule has 1 aromatic heterocycles. The fourth-order valence-corrected chi connectivity index (χ4v) is 2.31. The molecule has 0 radical (unpaired) electrons. The number of hydrogen-bond acceptors (Lipinski definition) is 3. The lowest BCUT2D eigenvalue weighted by Crippen LogP contribution is -2.44. The number of nitrogens with zero attached hydrogens (tertiary/aromatic N) is 2. The number of amides is 1. The van der Waals surface area contributed by atoms with Gasteiger partial charge >= 0.3 is 0 Å². The van der Waals surface area contributed by atoms with Gasteiger partial charge in [-0.2, -0.15) is 0 Å². The smallest absolute Gasteiger partial charge is 0.270 e. The van der Waals surface area contributed by atoms with Crippen LogP contribution in [0.3, 0.4) is 0 Å². The number of aromatic amines is 1. The van der Waals surface area contributed by atoms with Gasteiger partial charge in [0.15, 0.2) is 0 Å². The van der Waals surface area contributed by atoms with Crippen LogP contribution in [0.25, 0.3) is 0 Å². The molecule has 1 aromatic rings. The van der Waals surface area contributed by atoms with E-state index < -0.39 is 0 Å². The lowest BCUT2D eigenvalue weighted by Gasteiger charge is -2.35. The molecule has 0 unspecified atom stereocenters. The summed E-state index contributed by atoms with van der Waals surface area (Å²) < 4.78 is 0. The first-order valence-corrected chi connectivity index (χ1v) is 6.23. The van der Waals surface area contributed by atoms with E-state index in [0.29, 0.717) is 5.69 Å². The molecule has 0 aromatic carbocycles. The lowest BCUT2D eigenvalue weighted by atomic mass is 10.0. The standard InChI is InChI=1S/C13H19N3O2/c1-15-8-6-10(7-9-15)16(2)13(18)11-4-3-5-12(17)14-11/h3-5,10H,6-9H2,1-2H3,(H,14,17). The summed E-state index contributed by atoms with van der Waals surface area (Å²) in [6.07, 6.45) is 1.96. The van der Waals surface area contributed by atoms with Crippen molar-refractivity contribution in [1.82, 2.24) is 14.8 Å². The Bertz CT molecular complexity index is 475. The van der Waals surface area contributed by atoms with Crippen molar-refractivity contribution >= 4 is 5.91 Å². The molecule has 1 N–H and O–H groups in total. The largest absolute Gasteiger partial charge is 0.337 e. The molecule has 18 heavy (non-hydrogen) atoms. The number of carbonyl (C=O) groups is 1. The minimum Gasteiger partial charge on any atom is -0.337 e. The van der Waals surface area contributed by atoms with E-state index in [9.17, 15) is 9.59 Å². The predicted octanol–water partition coefficient (Wildman–Crippen LogP) is 0.541. The van der Waals surface area contributed by atoms with Crippen LogP contribution in [0, 0.1) is 0 Å². The second-order valence-electron chi connectivity index (χ2n) is 4.88. The fourth-order valence-electron chi connectivity index (χ4n) is 2.31. The van der Waals surface area contributed by atoms with Crippen LogP contribution in [0.15, 0.2) is 23.0 Å². The van der Waals surface area contributed by atoms with Crippen LogP contribution in [-0.4, -0.2) is 53.9 Å². The van der Waals surface area contributed by atoms with Gasteiger partial charge in [0.1, 0.15) is 5.69 Å². The number of likely N-dealkylation sites (tertiary alicyclic amines) is 1. The maximum absolute atomic E-state index is 12.2. The quantitative estimate of drug-likeness (QED) is 0.832. The average molecular weight is 249 g/mol. The van der Waals surface area contributed by atoms with Gasteiger partial charge in [-0.15, -0.1) is 0 Å². The zero-order valence-corrected chi connectivity index (χ0v) is 10.8. The first-order chi connectivity index (χ1) is 8.58. The maximum atomic E-state index is 12.2. The summed E-state index contributed by atoms with van der Waals surface area (Å²) in [7, 11) is 3.90. The molecule has 0 atom stereocenters. The Labute approximate surface area is 106 Å². The van der Waals surface area contributed by atoms with Gasteiger partial charge in [0, 0.05) is 19.2 Å². The molecule has 5 nitrogen and oxygen atoms in total. The highest BCUT2D eigenvalue weighted by Crippen LogP contribution is 2.15. The second kappa shape index (κ2) is 5.35. The Balaban J connectivity index is 2.07. The van der Waals surface area contributed by atoms with Crippen molar-refractivity contribution in [2.24, 2.45) is 0 Å². The molecular formula is C13H19N3O2. The van der Waals surface area contributed by atoms with Crippen molar-refractivity contribution in [3.05, 3.63) is 34.2 Å². The summed E-state index contributed by atoms with van der Waals surface area (Å²) in [4.78, 5) is 30.0. The first kappa shape index (κ1) is 12.8.